The number of fused-ring (bicyclic) bond motifs is 28. The molecule has 0 saturated heterocycles. The smallest absolute Gasteiger partial charge is 0.204 e. The Bertz CT molecular complexity index is 8780. The summed E-state index contributed by atoms with van der Waals surface area (Å²) in [6.45, 7) is 0. The van der Waals surface area contributed by atoms with Crippen LogP contribution in [0.4, 0.5) is 11.4 Å². The number of benzene rings is 15. The normalized spacial score (nSPS) is 14.3. The van der Waals surface area contributed by atoms with E-state index in [1.807, 2.05) is 18.3 Å². The van der Waals surface area contributed by atoms with Gasteiger partial charge in [-0.2, -0.15) is 0 Å². The molecule has 0 fully saturated rings. The van der Waals surface area contributed by atoms with Gasteiger partial charge in [-0.3, -0.25) is 18.3 Å². The number of furan rings is 1. The van der Waals surface area contributed by atoms with Crippen molar-refractivity contribution < 1.29 is 4.42 Å². The van der Waals surface area contributed by atoms with Crippen LogP contribution in [0.25, 0.3) is 210 Å². The molecule has 0 bridgehead atoms. The molecule has 1 aliphatic heterocycles. The van der Waals surface area contributed by atoms with Crippen molar-refractivity contribution in [2.45, 2.75) is 12.0 Å². The van der Waals surface area contributed by atoms with Crippen LogP contribution >= 0.6 is 0 Å². The summed E-state index contributed by atoms with van der Waals surface area (Å²) in [5.74, 6) is 3.29. The first-order valence-electron chi connectivity index (χ1n) is 41.5. The van der Waals surface area contributed by atoms with Gasteiger partial charge < -0.3 is 23.0 Å². The van der Waals surface area contributed by atoms with Crippen LogP contribution in [0, 0.1) is 0 Å². The number of pyridine rings is 2. The molecule has 15 aromatic carbocycles. The summed E-state index contributed by atoms with van der Waals surface area (Å²) in [5.41, 5.74) is 27.0. The number of allylic oxidation sites excluding steroid dienone is 2. The molecular weight excluding hydrogens is 1480 g/mol. The Balaban J connectivity index is 0.657. The highest BCUT2D eigenvalue weighted by Gasteiger charge is 2.42. The van der Waals surface area contributed by atoms with Gasteiger partial charge in [0.05, 0.1) is 89.5 Å². The second kappa shape index (κ2) is 25.1. The number of aromatic nitrogens is 9. The highest BCUT2D eigenvalue weighted by atomic mass is 16.3. The van der Waals surface area contributed by atoms with Crippen molar-refractivity contribution in [2.24, 2.45) is 0 Å². The lowest BCUT2D eigenvalue weighted by atomic mass is 9.85. The molecule has 0 saturated carbocycles. The molecule has 564 valence electrons. The van der Waals surface area contributed by atoms with Crippen molar-refractivity contribution in [3.05, 3.63) is 412 Å². The standard InChI is InChI=1S/C110H68N10O/c1-5-25-71(26-6-1)113-95-58-56-79-75-33-13-17-37-88(75)114(72-27-7-2-8-28-72)106(79)105(95)86-51-47-68(65-97(86)113)67-48-57-92-87(63-67)83-55-54-80-76-34-14-18-38-89(76)115(73-29-9-3-10-30-73)107(80)110(83)120(92)101-43-23-42-100(112-101)119-90-39-19-15-35-77(90)81-52-53-82-78-49-45-69(64-96(78)116(108(82)109(81)119)74-31-11-4-12-32-74)70-46-50-85-98(66-70)118(102-44-24-62-121-102)94-60-59-93-103(104(85)94)84-36-16-20-40-91(84)117(93)99-41-21-22-61-111-99/h1-66,86,97H. The Morgan fingerprint density at radius 3 is 1.26 bits per heavy atom. The molecule has 11 heterocycles. The maximum atomic E-state index is 6.38. The van der Waals surface area contributed by atoms with Crippen LogP contribution in [0.5, 0.6) is 0 Å². The van der Waals surface area contributed by atoms with Crippen LogP contribution < -0.4 is 4.90 Å². The van der Waals surface area contributed by atoms with Crippen LogP contribution in [0.1, 0.15) is 17.0 Å². The summed E-state index contributed by atoms with van der Waals surface area (Å²) < 4.78 is 23.3. The molecule has 1 aliphatic carbocycles. The lowest BCUT2D eigenvalue weighted by Crippen LogP contribution is -2.29. The van der Waals surface area contributed by atoms with Gasteiger partial charge in [0, 0.05) is 128 Å². The molecule has 2 atom stereocenters. The van der Waals surface area contributed by atoms with Gasteiger partial charge in [-0.15, -0.1) is 0 Å². The molecule has 10 aromatic heterocycles. The van der Waals surface area contributed by atoms with Crippen molar-refractivity contribution in [2.75, 3.05) is 4.90 Å². The first-order chi connectivity index (χ1) is 60.1. The zero-order valence-electron chi connectivity index (χ0n) is 65.1. The molecule has 25 aromatic rings. The van der Waals surface area contributed by atoms with E-state index in [0.29, 0.717) is 0 Å². The summed E-state index contributed by atoms with van der Waals surface area (Å²) in [6.07, 6.45) is 11.1. The molecule has 2 aliphatic rings. The van der Waals surface area contributed by atoms with Crippen molar-refractivity contribution in [3.8, 4) is 51.5 Å². The predicted molar refractivity (Wildman–Crippen MR) is 499 cm³/mol. The Morgan fingerprint density at radius 2 is 0.686 bits per heavy atom. The molecule has 121 heavy (non-hydrogen) atoms. The van der Waals surface area contributed by atoms with E-state index in [0.717, 1.165) is 177 Å². The number of para-hydroxylation sites is 8. The Morgan fingerprint density at radius 1 is 0.264 bits per heavy atom. The van der Waals surface area contributed by atoms with E-state index in [4.69, 9.17) is 14.4 Å². The van der Waals surface area contributed by atoms with Gasteiger partial charge in [0.15, 0.2) is 0 Å². The van der Waals surface area contributed by atoms with Gasteiger partial charge >= 0.3 is 0 Å². The molecule has 27 rings (SSSR count). The average Bonchev–Trinajstić information content (AvgIpc) is 1.55. The lowest BCUT2D eigenvalue weighted by molar-refractivity contribution is 0.546. The fourth-order valence-electron chi connectivity index (χ4n) is 21.3. The second-order valence-electron chi connectivity index (χ2n) is 32.3. The SMILES string of the molecule is C1=CC2c3c(ccc4c5ccccc5n(-c5ccccc5)c34)N(c3ccccc3)C2C=C1c1ccc2c(c1)c1ccc3c4ccccc4n(-c4ccccc4)c3c1n2-c1cccc(-n2c3ccccc3c3ccc4c5ccc(-c6ccc7c8c9c%10ccccc%10n(-c%10ccccn%10)c9ccc8n(-c8ccco8)c7c6)cc5n(-c5ccccc5)c4c32)n1. The van der Waals surface area contributed by atoms with Crippen LogP contribution in [0.3, 0.4) is 0 Å². The maximum absolute atomic E-state index is 6.38. The van der Waals surface area contributed by atoms with Gasteiger partial charge in [0.2, 0.25) is 5.88 Å². The molecule has 0 radical (unpaired) electrons. The molecule has 11 nitrogen and oxygen atoms in total. The summed E-state index contributed by atoms with van der Waals surface area (Å²) in [6, 6.07) is 136. The highest BCUT2D eigenvalue weighted by Crippen LogP contribution is 2.55. The van der Waals surface area contributed by atoms with E-state index < -0.39 is 0 Å². The van der Waals surface area contributed by atoms with Gasteiger partial charge in [-0.1, -0.05) is 237 Å². The summed E-state index contributed by atoms with van der Waals surface area (Å²) in [7, 11) is 0. The predicted octanol–water partition coefficient (Wildman–Crippen LogP) is 27.7. The molecular formula is C110H68N10O. The summed E-state index contributed by atoms with van der Waals surface area (Å²) in [4.78, 5) is 13.6. The van der Waals surface area contributed by atoms with Crippen molar-refractivity contribution in [1.82, 2.24) is 41.9 Å². The first kappa shape index (κ1) is 66.0. The van der Waals surface area contributed by atoms with Crippen molar-refractivity contribution in [3.63, 3.8) is 0 Å². The van der Waals surface area contributed by atoms with Crippen molar-refractivity contribution >= 4 is 170 Å². The monoisotopic (exact) mass is 1540 g/mol. The molecule has 0 N–H and O–H groups in total. The minimum absolute atomic E-state index is 0.0207. The van der Waals surface area contributed by atoms with Crippen LogP contribution in [0.2, 0.25) is 0 Å². The molecule has 0 amide bonds. The number of anilines is 2. The minimum Gasteiger partial charge on any atom is -0.448 e. The quantitative estimate of drug-likeness (QED) is 0.137. The Kier molecular flexibility index (Phi) is 13.7. The lowest BCUT2D eigenvalue weighted by Gasteiger charge is -2.30. The number of nitrogens with zero attached hydrogens (tertiary/aromatic N) is 10. The fourth-order valence-corrected chi connectivity index (χ4v) is 21.3. The van der Waals surface area contributed by atoms with Crippen LogP contribution in [-0.2, 0) is 0 Å². The van der Waals surface area contributed by atoms with E-state index in [1.54, 1.807) is 6.26 Å². The zero-order chi connectivity index (χ0) is 78.8. The van der Waals surface area contributed by atoms with Crippen molar-refractivity contribution in [1.29, 1.82) is 0 Å². The van der Waals surface area contributed by atoms with E-state index in [9.17, 15) is 0 Å². The van der Waals surface area contributed by atoms with Crippen LogP contribution in [-0.4, -0.2) is 48.0 Å². The van der Waals surface area contributed by atoms with E-state index in [2.05, 4.69) is 413 Å². The summed E-state index contributed by atoms with van der Waals surface area (Å²) >= 11 is 0. The number of hydrogen-bond acceptors (Lipinski definition) is 4. The van der Waals surface area contributed by atoms with Crippen LogP contribution in [0.15, 0.2) is 405 Å². The average molecular weight is 1550 g/mol. The number of hydrogen-bond donors (Lipinski definition) is 0. The number of rotatable bonds is 10. The van der Waals surface area contributed by atoms with Gasteiger partial charge in [-0.25, -0.2) is 9.97 Å². The van der Waals surface area contributed by atoms with E-state index in [-0.39, 0.29) is 12.0 Å². The van der Waals surface area contributed by atoms with E-state index in [1.165, 1.54) is 54.8 Å². The third-order valence-electron chi connectivity index (χ3n) is 26.2. The maximum Gasteiger partial charge on any atom is 0.204 e. The Hall–Kier alpha value is -16.2. The topological polar surface area (TPSA) is 76.7 Å². The molecule has 0 spiro atoms. The summed E-state index contributed by atoms with van der Waals surface area (Å²) in [5, 5.41) is 16.3. The van der Waals surface area contributed by atoms with Gasteiger partial charge in [0.25, 0.3) is 0 Å². The highest BCUT2D eigenvalue weighted by molar-refractivity contribution is 6.30. The third kappa shape index (κ3) is 9.25. The van der Waals surface area contributed by atoms with Gasteiger partial charge in [-0.05, 0) is 168 Å². The van der Waals surface area contributed by atoms with Gasteiger partial charge in [0.1, 0.15) is 17.5 Å². The molecule has 11 heteroatoms. The van der Waals surface area contributed by atoms with E-state index >= 15 is 0 Å². The molecule has 2 unspecified atom stereocenters. The minimum atomic E-state index is -0.0207. The zero-order valence-corrected chi connectivity index (χ0v) is 65.1. The second-order valence-corrected chi connectivity index (χ2v) is 32.3. The fraction of sp³-hybridized carbons (Fsp3) is 0.0182. The Labute approximate surface area is 691 Å². The largest absolute Gasteiger partial charge is 0.448 e. The third-order valence-corrected chi connectivity index (χ3v) is 26.2. The first-order valence-corrected chi connectivity index (χ1v) is 41.5.